The molecule has 0 aliphatic heterocycles. The van der Waals surface area contributed by atoms with Crippen molar-refractivity contribution >= 4 is 27.5 Å². The molecule has 3 aromatic carbocycles. The van der Waals surface area contributed by atoms with E-state index < -0.39 is 28.5 Å². The molecule has 0 heterocycles. The minimum absolute atomic E-state index is 0.128. The normalized spacial score (nSPS) is 12.3. The lowest BCUT2D eigenvalue weighted by atomic mass is 10.0. The van der Waals surface area contributed by atoms with Crippen molar-refractivity contribution in [3.63, 3.8) is 0 Å². The van der Waals surface area contributed by atoms with Crippen molar-refractivity contribution in [2.24, 2.45) is 0 Å². The number of benzene rings is 3. The minimum atomic E-state index is -3.79. The molecular weight excluding hydrogens is 510 g/mol. The second-order valence-corrected chi connectivity index (χ2v) is 12.3. The quantitative estimate of drug-likeness (QED) is 0.354. The highest BCUT2D eigenvalue weighted by molar-refractivity contribution is 7.92. The van der Waals surface area contributed by atoms with Gasteiger partial charge in [-0.25, -0.2) is 8.42 Å². The molecule has 0 spiro atoms. The van der Waals surface area contributed by atoms with Crippen molar-refractivity contribution in [2.75, 3.05) is 17.1 Å². The van der Waals surface area contributed by atoms with Gasteiger partial charge in [-0.05, 0) is 48.6 Å². The van der Waals surface area contributed by atoms with Crippen molar-refractivity contribution in [3.05, 3.63) is 102 Å². The largest absolute Gasteiger partial charge is 0.352 e. The Kier molecular flexibility index (Phi) is 10.3. The van der Waals surface area contributed by atoms with E-state index in [0.717, 1.165) is 27.3 Å². The molecule has 1 N–H and O–H groups in total. The van der Waals surface area contributed by atoms with Crippen LogP contribution in [0.1, 0.15) is 50.3 Å². The van der Waals surface area contributed by atoms with Crippen molar-refractivity contribution in [1.82, 2.24) is 10.2 Å². The maximum atomic E-state index is 14.0. The average Bonchev–Trinajstić information content (AvgIpc) is 2.89. The van der Waals surface area contributed by atoms with Crippen LogP contribution in [0, 0.1) is 0 Å². The van der Waals surface area contributed by atoms with Gasteiger partial charge in [-0.2, -0.15) is 0 Å². The van der Waals surface area contributed by atoms with Gasteiger partial charge in [0.25, 0.3) is 0 Å². The van der Waals surface area contributed by atoms with Gasteiger partial charge in [0.15, 0.2) is 0 Å². The van der Waals surface area contributed by atoms with Gasteiger partial charge in [0.2, 0.25) is 21.8 Å². The standard InChI is InChI=1S/C31H39N3O4S/c1-23(2)27-16-18-28(19-17-27)34(39(5,37)38)22-30(35)33(21-26-14-10-7-11-15-26)29(31(36)32-24(3)4)20-25-12-8-6-9-13-25/h6-19,23-24,29H,20-22H2,1-5H3,(H,32,36)/t29-/m0/s1. The zero-order valence-electron chi connectivity index (χ0n) is 23.4. The van der Waals surface area contributed by atoms with Gasteiger partial charge in [0.1, 0.15) is 12.6 Å². The van der Waals surface area contributed by atoms with Crippen LogP contribution >= 0.6 is 0 Å². The topological polar surface area (TPSA) is 86.8 Å². The lowest BCUT2D eigenvalue weighted by molar-refractivity contribution is -0.140. The van der Waals surface area contributed by atoms with Crippen molar-refractivity contribution < 1.29 is 18.0 Å². The Bertz CT molecular complexity index is 1330. The molecule has 3 aromatic rings. The summed E-state index contributed by atoms with van der Waals surface area (Å²) in [7, 11) is -3.79. The Labute approximate surface area is 232 Å². The molecule has 0 saturated heterocycles. The highest BCUT2D eigenvalue weighted by Crippen LogP contribution is 2.23. The second kappa shape index (κ2) is 13.4. The van der Waals surface area contributed by atoms with Crippen LogP contribution in [0.3, 0.4) is 0 Å². The molecule has 0 aromatic heterocycles. The summed E-state index contributed by atoms with van der Waals surface area (Å²) >= 11 is 0. The average molecular weight is 550 g/mol. The molecule has 2 amide bonds. The van der Waals surface area contributed by atoms with Gasteiger partial charge in [-0.1, -0.05) is 86.6 Å². The first-order chi connectivity index (χ1) is 18.5. The Balaban J connectivity index is 2.02. The summed E-state index contributed by atoms with van der Waals surface area (Å²) in [5, 5.41) is 2.95. The van der Waals surface area contributed by atoms with Crippen LogP contribution in [0.2, 0.25) is 0 Å². The van der Waals surface area contributed by atoms with E-state index in [4.69, 9.17) is 0 Å². The lowest BCUT2D eigenvalue weighted by Gasteiger charge is -2.34. The van der Waals surface area contributed by atoms with Crippen LogP contribution in [0.25, 0.3) is 0 Å². The van der Waals surface area contributed by atoms with E-state index in [9.17, 15) is 18.0 Å². The number of amides is 2. The summed E-state index contributed by atoms with van der Waals surface area (Å²) in [6, 6.07) is 25.1. The third kappa shape index (κ3) is 8.68. The number of hydrogen-bond acceptors (Lipinski definition) is 4. The van der Waals surface area contributed by atoms with E-state index >= 15 is 0 Å². The molecule has 1 atom stereocenters. The third-order valence-electron chi connectivity index (χ3n) is 6.42. The van der Waals surface area contributed by atoms with Crippen molar-refractivity contribution in [1.29, 1.82) is 0 Å². The van der Waals surface area contributed by atoms with E-state index in [1.807, 2.05) is 86.6 Å². The Hall–Kier alpha value is -3.65. The zero-order chi connectivity index (χ0) is 28.6. The van der Waals surface area contributed by atoms with E-state index in [1.165, 1.54) is 4.90 Å². The SMILES string of the molecule is CC(C)NC(=O)[C@H](Cc1ccccc1)N(Cc1ccccc1)C(=O)CN(c1ccc(C(C)C)cc1)S(C)(=O)=O. The number of anilines is 1. The van der Waals surface area contributed by atoms with E-state index in [-0.39, 0.29) is 24.4 Å². The number of hydrogen-bond donors (Lipinski definition) is 1. The van der Waals surface area contributed by atoms with Crippen LogP contribution in [0.5, 0.6) is 0 Å². The summed E-state index contributed by atoms with van der Waals surface area (Å²) in [4.78, 5) is 29.0. The smallest absolute Gasteiger partial charge is 0.244 e. The molecule has 0 unspecified atom stereocenters. The molecule has 208 valence electrons. The Morgan fingerprint density at radius 1 is 0.795 bits per heavy atom. The highest BCUT2D eigenvalue weighted by Gasteiger charge is 2.33. The predicted octanol–water partition coefficient (Wildman–Crippen LogP) is 4.74. The molecule has 39 heavy (non-hydrogen) atoms. The first kappa shape index (κ1) is 29.9. The fourth-order valence-electron chi connectivity index (χ4n) is 4.35. The molecule has 0 aliphatic carbocycles. The number of sulfonamides is 1. The summed E-state index contributed by atoms with van der Waals surface area (Å²) in [6.07, 6.45) is 1.38. The molecule has 0 bridgehead atoms. The monoisotopic (exact) mass is 549 g/mol. The van der Waals surface area contributed by atoms with E-state index in [2.05, 4.69) is 19.2 Å². The number of carbonyl (C=O) groups excluding carboxylic acids is 2. The fourth-order valence-corrected chi connectivity index (χ4v) is 5.20. The van der Waals surface area contributed by atoms with Gasteiger partial charge < -0.3 is 10.2 Å². The lowest BCUT2D eigenvalue weighted by Crippen LogP contribution is -2.54. The van der Waals surface area contributed by atoms with Crippen LogP contribution in [0.4, 0.5) is 5.69 Å². The number of carbonyl (C=O) groups is 2. The van der Waals surface area contributed by atoms with Crippen LogP contribution in [0.15, 0.2) is 84.9 Å². The van der Waals surface area contributed by atoms with Gasteiger partial charge >= 0.3 is 0 Å². The van der Waals surface area contributed by atoms with Gasteiger partial charge in [0.05, 0.1) is 11.9 Å². The Morgan fingerprint density at radius 3 is 1.82 bits per heavy atom. The summed E-state index contributed by atoms with van der Waals surface area (Å²) in [5.41, 5.74) is 3.21. The van der Waals surface area contributed by atoms with Crippen LogP contribution in [-0.2, 0) is 32.6 Å². The maximum absolute atomic E-state index is 14.0. The molecule has 8 heteroatoms. The molecule has 0 saturated carbocycles. The number of nitrogens with zero attached hydrogens (tertiary/aromatic N) is 2. The van der Waals surface area contributed by atoms with Gasteiger partial charge in [0, 0.05) is 19.0 Å². The van der Waals surface area contributed by atoms with Crippen molar-refractivity contribution in [2.45, 2.75) is 58.7 Å². The molecule has 0 radical (unpaired) electrons. The highest BCUT2D eigenvalue weighted by atomic mass is 32.2. The van der Waals surface area contributed by atoms with Crippen LogP contribution in [-0.4, -0.2) is 50.0 Å². The van der Waals surface area contributed by atoms with E-state index in [0.29, 0.717) is 12.1 Å². The second-order valence-electron chi connectivity index (χ2n) is 10.4. The summed E-state index contributed by atoms with van der Waals surface area (Å²) in [5.74, 6) is -0.464. The van der Waals surface area contributed by atoms with Crippen LogP contribution < -0.4 is 9.62 Å². The minimum Gasteiger partial charge on any atom is -0.352 e. The molecule has 3 rings (SSSR count). The molecule has 7 nitrogen and oxygen atoms in total. The van der Waals surface area contributed by atoms with E-state index in [1.54, 1.807) is 12.1 Å². The number of rotatable bonds is 12. The molecule has 0 aliphatic rings. The fraction of sp³-hybridized carbons (Fsp3) is 0.355. The first-order valence-electron chi connectivity index (χ1n) is 13.2. The summed E-state index contributed by atoms with van der Waals surface area (Å²) < 4.78 is 26.9. The van der Waals surface area contributed by atoms with Gasteiger partial charge in [-0.15, -0.1) is 0 Å². The molecule has 0 fully saturated rings. The third-order valence-corrected chi connectivity index (χ3v) is 7.57. The zero-order valence-corrected chi connectivity index (χ0v) is 24.2. The van der Waals surface area contributed by atoms with Gasteiger partial charge in [-0.3, -0.25) is 13.9 Å². The van der Waals surface area contributed by atoms with Crippen molar-refractivity contribution in [3.8, 4) is 0 Å². The maximum Gasteiger partial charge on any atom is 0.244 e. The predicted molar refractivity (Wildman–Crippen MR) is 157 cm³/mol. The first-order valence-corrected chi connectivity index (χ1v) is 15.1. The summed E-state index contributed by atoms with van der Waals surface area (Å²) in [6.45, 7) is 7.59. The molecular formula is C31H39N3O4S. The Morgan fingerprint density at radius 2 is 1.33 bits per heavy atom. The number of nitrogens with one attached hydrogen (secondary N) is 1.